The van der Waals surface area contributed by atoms with Crippen LogP contribution in [0.25, 0.3) is 0 Å². The zero-order chi connectivity index (χ0) is 12.3. The Hall–Kier alpha value is -0.180. The number of aliphatic hydroxyl groups is 1. The first-order chi connectivity index (χ1) is 7.41. The number of hydrogen-bond acceptors (Lipinski definition) is 2. The maximum Gasteiger partial charge on any atom is 0.0776 e. The molecule has 0 aliphatic carbocycles. The van der Waals surface area contributed by atoms with Crippen molar-refractivity contribution in [3.8, 4) is 0 Å². The minimum atomic E-state index is -0.505. The number of aliphatic hydroxyl groups excluding tert-OH is 1. The number of hydrogen-bond donors (Lipinski definition) is 1. The third-order valence-corrected chi connectivity index (χ3v) is 4.45. The third kappa shape index (κ3) is 3.69. The monoisotopic (exact) mass is 258 g/mol. The molecule has 0 aliphatic rings. The molecule has 0 fully saturated rings. The van der Waals surface area contributed by atoms with Crippen molar-refractivity contribution in [2.75, 3.05) is 0 Å². The quantitative estimate of drug-likeness (QED) is 0.801. The van der Waals surface area contributed by atoms with Gasteiger partial charge in [0.2, 0.25) is 0 Å². The smallest absolute Gasteiger partial charge is 0.0776 e. The lowest BCUT2D eigenvalue weighted by Gasteiger charge is -2.16. The second-order valence-electron chi connectivity index (χ2n) is 4.43. The molecule has 1 aromatic rings. The van der Waals surface area contributed by atoms with Gasteiger partial charge in [-0.1, -0.05) is 38.4 Å². The molecule has 0 aliphatic heterocycles. The van der Waals surface area contributed by atoms with E-state index in [0.717, 1.165) is 10.5 Å². The largest absolute Gasteiger partial charge is 0.389 e. The van der Waals surface area contributed by atoms with Crippen molar-refractivity contribution < 1.29 is 5.11 Å². The Kier molecular flexibility index (Phi) is 5.16. The Morgan fingerprint density at radius 1 is 1.19 bits per heavy atom. The van der Waals surface area contributed by atoms with Crippen LogP contribution in [0.15, 0.2) is 23.1 Å². The van der Waals surface area contributed by atoms with E-state index in [1.54, 1.807) is 6.92 Å². The van der Waals surface area contributed by atoms with Gasteiger partial charge in [0, 0.05) is 15.2 Å². The van der Waals surface area contributed by atoms with Crippen molar-refractivity contribution in [1.82, 2.24) is 0 Å². The second kappa shape index (κ2) is 5.95. The summed E-state index contributed by atoms with van der Waals surface area (Å²) in [6.07, 6.45) is -0.505. The highest BCUT2D eigenvalue weighted by atomic mass is 35.5. The van der Waals surface area contributed by atoms with Gasteiger partial charge < -0.3 is 5.11 Å². The Balaban J connectivity index is 2.81. The maximum atomic E-state index is 9.47. The highest BCUT2D eigenvalue weighted by molar-refractivity contribution is 8.00. The fraction of sp³-hybridized carbons (Fsp3) is 0.538. The molecule has 0 aromatic heterocycles. The molecule has 0 spiro atoms. The summed E-state index contributed by atoms with van der Waals surface area (Å²) in [7, 11) is 0. The zero-order valence-corrected chi connectivity index (χ0v) is 11.8. The van der Waals surface area contributed by atoms with E-state index in [2.05, 4.69) is 20.8 Å². The maximum absolute atomic E-state index is 9.47. The molecule has 0 saturated carbocycles. The van der Waals surface area contributed by atoms with Gasteiger partial charge in [-0.25, -0.2) is 0 Å². The predicted molar refractivity (Wildman–Crippen MR) is 72.2 cm³/mol. The van der Waals surface area contributed by atoms with E-state index < -0.39 is 6.10 Å². The van der Waals surface area contributed by atoms with E-state index in [9.17, 15) is 5.11 Å². The van der Waals surface area contributed by atoms with Crippen molar-refractivity contribution in [2.24, 2.45) is 5.92 Å². The lowest BCUT2D eigenvalue weighted by molar-refractivity contribution is 0.199. The van der Waals surface area contributed by atoms with E-state index in [0.29, 0.717) is 16.2 Å². The Morgan fingerprint density at radius 3 is 2.25 bits per heavy atom. The first-order valence-corrected chi connectivity index (χ1v) is 6.81. The third-order valence-electron chi connectivity index (χ3n) is 2.68. The van der Waals surface area contributed by atoms with E-state index in [1.165, 1.54) is 0 Å². The van der Waals surface area contributed by atoms with E-state index in [4.69, 9.17) is 11.6 Å². The van der Waals surface area contributed by atoms with Crippen molar-refractivity contribution in [2.45, 2.75) is 43.9 Å². The normalized spacial score (nSPS) is 15.2. The molecule has 16 heavy (non-hydrogen) atoms. The molecule has 1 nitrogen and oxygen atoms in total. The standard InChI is InChI=1S/C13H19ClOS/c1-8(2)10(4)16-11-5-6-12(9(3)15)13(14)7-11/h5-10,15H,1-4H3. The molecule has 90 valence electrons. The van der Waals surface area contributed by atoms with Crippen molar-refractivity contribution >= 4 is 23.4 Å². The summed E-state index contributed by atoms with van der Waals surface area (Å²) in [5.74, 6) is 0.639. The predicted octanol–water partition coefficient (Wildman–Crippen LogP) is 4.53. The highest BCUT2D eigenvalue weighted by Crippen LogP contribution is 2.32. The van der Waals surface area contributed by atoms with E-state index in [1.807, 2.05) is 30.0 Å². The van der Waals surface area contributed by atoms with Crippen LogP contribution in [0.2, 0.25) is 5.02 Å². The molecule has 2 unspecified atom stereocenters. The van der Waals surface area contributed by atoms with Gasteiger partial charge in [0.05, 0.1) is 6.10 Å². The highest BCUT2D eigenvalue weighted by Gasteiger charge is 2.11. The first kappa shape index (κ1) is 13.9. The van der Waals surface area contributed by atoms with Gasteiger partial charge in [0.25, 0.3) is 0 Å². The summed E-state index contributed by atoms with van der Waals surface area (Å²) in [6.45, 7) is 8.36. The molecular weight excluding hydrogens is 240 g/mol. The van der Waals surface area contributed by atoms with Crippen LogP contribution >= 0.6 is 23.4 Å². The summed E-state index contributed by atoms with van der Waals surface area (Å²) >= 11 is 7.93. The van der Waals surface area contributed by atoms with Gasteiger partial charge in [0.1, 0.15) is 0 Å². The van der Waals surface area contributed by atoms with Crippen LogP contribution in [0.5, 0.6) is 0 Å². The molecule has 2 atom stereocenters. The van der Waals surface area contributed by atoms with Crippen molar-refractivity contribution in [1.29, 1.82) is 0 Å². The Morgan fingerprint density at radius 2 is 1.81 bits per heavy atom. The van der Waals surface area contributed by atoms with Crippen LogP contribution < -0.4 is 0 Å². The van der Waals surface area contributed by atoms with E-state index in [-0.39, 0.29) is 0 Å². The second-order valence-corrected chi connectivity index (χ2v) is 6.28. The summed E-state index contributed by atoms with van der Waals surface area (Å²) in [5.41, 5.74) is 0.795. The van der Waals surface area contributed by atoms with Gasteiger partial charge >= 0.3 is 0 Å². The average Bonchev–Trinajstić information content (AvgIpc) is 2.16. The van der Waals surface area contributed by atoms with Gasteiger partial charge in [0.15, 0.2) is 0 Å². The minimum Gasteiger partial charge on any atom is -0.389 e. The average molecular weight is 259 g/mol. The van der Waals surface area contributed by atoms with Crippen LogP contribution in [0.3, 0.4) is 0 Å². The fourth-order valence-corrected chi connectivity index (χ4v) is 2.71. The van der Waals surface area contributed by atoms with Crippen LogP contribution in [-0.2, 0) is 0 Å². The summed E-state index contributed by atoms with van der Waals surface area (Å²) in [4.78, 5) is 1.16. The summed E-state index contributed by atoms with van der Waals surface area (Å²) in [5, 5.41) is 10.7. The van der Waals surface area contributed by atoms with E-state index >= 15 is 0 Å². The van der Waals surface area contributed by atoms with Crippen LogP contribution in [0.4, 0.5) is 0 Å². The topological polar surface area (TPSA) is 20.2 Å². The number of benzene rings is 1. The molecule has 1 aromatic carbocycles. The molecular formula is C13H19ClOS. The number of rotatable bonds is 4. The fourth-order valence-electron chi connectivity index (χ4n) is 1.27. The minimum absolute atomic E-state index is 0.505. The zero-order valence-electron chi connectivity index (χ0n) is 10.2. The van der Waals surface area contributed by atoms with Gasteiger partial charge in [-0.15, -0.1) is 11.8 Å². The molecule has 0 radical (unpaired) electrons. The summed E-state index contributed by atoms with van der Waals surface area (Å²) < 4.78 is 0. The summed E-state index contributed by atoms with van der Waals surface area (Å²) in [6, 6.07) is 5.87. The molecule has 3 heteroatoms. The van der Waals surface area contributed by atoms with Crippen molar-refractivity contribution in [3.63, 3.8) is 0 Å². The van der Waals surface area contributed by atoms with Gasteiger partial charge in [-0.05, 0) is 30.5 Å². The van der Waals surface area contributed by atoms with Crippen LogP contribution in [0.1, 0.15) is 39.4 Å². The molecule has 0 bridgehead atoms. The van der Waals surface area contributed by atoms with Crippen molar-refractivity contribution in [3.05, 3.63) is 28.8 Å². The molecule has 1 rings (SSSR count). The lowest BCUT2D eigenvalue weighted by atomic mass is 10.1. The van der Waals surface area contributed by atoms with Gasteiger partial charge in [-0.2, -0.15) is 0 Å². The molecule has 1 N–H and O–H groups in total. The lowest BCUT2D eigenvalue weighted by Crippen LogP contribution is -2.05. The van der Waals surface area contributed by atoms with Crippen LogP contribution in [-0.4, -0.2) is 10.4 Å². The molecule has 0 heterocycles. The molecule has 0 amide bonds. The number of thioether (sulfide) groups is 1. The van der Waals surface area contributed by atoms with Gasteiger partial charge in [-0.3, -0.25) is 0 Å². The number of halogens is 1. The Bertz CT molecular complexity index is 350. The first-order valence-electron chi connectivity index (χ1n) is 5.56. The Labute approximate surface area is 107 Å². The van der Waals surface area contributed by atoms with Crippen LogP contribution in [0, 0.1) is 5.92 Å². The SMILES string of the molecule is CC(O)c1ccc(SC(C)C(C)C)cc1Cl. The molecule has 0 saturated heterocycles.